The zero-order valence-electron chi connectivity index (χ0n) is 3.06. The van der Waals surface area contributed by atoms with Crippen molar-refractivity contribution < 1.29 is 0 Å². The van der Waals surface area contributed by atoms with E-state index >= 15 is 0 Å². The number of azo groups is 1. The van der Waals surface area contributed by atoms with Crippen LogP contribution >= 0.6 is 23.2 Å². The first-order valence-corrected chi connectivity index (χ1v) is 2.44. The van der Waals surface area contributed by atoms with Crippen LogP contribution in [0.2, 0.25) is 0 Å². The SMILES string of the molecule is ClC/N=N/CCl. The fourth-order valence-electron chi connectivity index (χ4n) is 0.0756. The van der Waals surface area contributed by atoms with Crippen LogP contribution in [0.15, 0.2) is 10.2 Å². The summed E-state index contributed by atoms with van der Waals surface area (Å²) in [6.45, 7) is 0. The van der Waals surface area contributed by atoms with Crippen molar-refractivity contribution in [1.29, 1.82) is 0 Å². The van der Waals surface area contributed by atoms with Crippen molar-refractivity contribution in [2.24, 2.45) is 10.2 Å². The molecule has 0 saturated carbocycles. The monoisotopic (exact) mass is 126 g/mol. The van der Waals surface area contributed by atoms with Crippen molar-refractivity contribution >= 4 is 23.2 Å². The molecule has 0 radical (unpaired) electrons. The van der Waals surface area contributed by atoms with Gasteiger partial charge >= 0.3 is 0 Å². The molecule has 0 atom stereocenters. The summed E-state index contributed by atoms with van der Waals surface area (Å²) in [5, 5.41) is 6.70. The molecule has 0 aliphatic heterocycles. The molecule has 36 valence electrons. The van der Waals surface area contributed by atoms with Crippen LogP contribution in [0.1, 0.15) is 0 Å². The third kappa shape index (κ3) is 4.18. The van der Waals surface area contributed by atoms with E-state index in [4.69, 9.17) is 23.2 Å². The highest BCUT2D eigenvalue weighted by atomic mass is 35.5. The first-order chi connectivity index (χ1) is 2.91. The number of hydrogen-bond acceptors (Lipinski definition) is 2. The molecule has 0 saturated heterocycles. The molecule has 0 fully saturated rings. The van der Waals surface area contributed by atoms with Gasteiger partial charge in [-0.1, -0.05) is 23.2 Å². The zero-order valence-corrected chi connectivity index (χ0v) is 4.58. The molecule has 0 aliphatic carbocycles. The van der Waals surface area contributed by atoms with Crippen LogP contribution in [0.25, 0.3) is 0 Å². The van der Waals surface area contributed by atoms with Crippen LogP contribution in [-0.4, -0.2) is 12.0 Å². The lowest BCUT2D eigenvalue weighted by Gasteiger charge is -1.70. The van der Waals surface area contributed by atoms with Gasteiger partial charge in [0, 0.05) is 0 Å². The van der Waals surface area contributed by atoms with Crippen LogP contribution in [0.3, 0.4) is 0 Å². The van der Waals surface area contributed by atoms with Crippen molar-refractivity contribution in [3.8, 4) is 0 Å². The topological polar surface area (TPSA) is 24.7 Å². The number of nitrogens with zero attached hydrogens (tertiary/aromatic N) is 2. The fraction of sp³-hybridized carbons (Fsp3) is 1.00. The van der Waals surface area contributed by atoms with Crippen molar-refractivity contribution in [3.05, 3.63) is 0 Å². The van der Waals surface area contributed by atoms with E-state index in [1.54, 1.807) is 0 Å². The summed E-state index contributed by atoms with van der Waals surface area (Å²) in [7, 11) is 0. The van der Waals surface area contributed by atoms with E-state index in [0.29, 0.717) is 0 Å². The quantitative estimate of drug-likeness (QED) is 0.307. The van der Waals surface area contributed by atoms with E-state index in [-0.39, 0.29) is 12.0 Å². The van der Waals surface area contributed by atoms with E-state index < -0.39 is 0 Å². The molecule has 0 rings (SSSR count). The minimum atomic E-state index is 0.201. The van der Waals surface area contributed by atoms with Crippen LogP contribution < -0.4 is 0 Å². The van der Waals surface area contributed by atoms with E-state index in [9.17, 15) is 0 Å². The molecule has 0 aromatic rings. The van der Waals surface area contributed by atoms with Crippen molar-refractivity contribution in [2.75, 3.05) is 12.0 Å². The molecule has 2 nitrogen and oxygen atoms in total. The lowest BCUT2D eigenvalue weighted by atomic mass is 11.4. The number of halogens is 2. The van der Waals surface area contributed by atoms with Gasteiger partial charge in [-0.25, -0.2) is 0 Å². The van der Waals surface area contributed by atoms with E-state index in [0.717, 1.165) is 0 Å². The molecule has 6 heavy (non-hydrogen) atoms. The van der Waals surface area contributed by atoms with Crippen LogP contribution in [0, 0.1) is 0 Å². The molecular formula is C2H4Cl2N2. The van der Waals surface area contributed by atoms with Crippen LogP contribution in [0.5, 0.6) is 0 Å². The third-order valence-electron chi connectivity index (χ3n) is 0.207. The molecule has 0 bridgehead atoms. The Morgan fingerprint density at radius 3 is 1.50 bits per heavy atom. The molecule has 4 heteroatoms. The summed E-state index contributed by atoms with van der Waals surface area (Å²) in [5.74, 6) is 0. The minimum absolute atomic E-state index is 0.201. The average Bonchev–Trinajstić information content (AvgIpc) is 1.61. The summed E-state index contributed by atoms with van der Waals surface area (Å²) >= 11 is 10.1. The van der Waals surface area contributed by atoms with Gasteiger partial charge < -0.3 is 0 Å². The number of alkyl halides is 2. The van der Waals surface area contributed by atoms with Gasteiger partial charge in [-0.2, -0.15) is 10.2 Å². The summed E-state index contributed by atoms with van der Waals surface area (Å²) in [6, 6.07) is 0.402. The Bertz CT molecular complexity index is 38.8. The second-order valence-electron chi connectivity index (χ2n) is 0.522. The van der Waals surface area contributed by atoms with Gasteiger partial charge in [0.2, 0.25) is 0 Å². The minimum Gasteiger partial charge on any atom is -0.177 e. The van der Waals surface area contributed by atoms with E-state index in [1.807, 2.05) is 0 Å². The van der Waals surface area contributed by atoms with Crippen LogP contribution in [0.4, 0.5) is 0 Å². The Labute approximate surface area is 46.2 Å². The first kappa shape index (κ1) is 6.18. The van der Waals surface area contributed by atoms with E-state index in [2.05, 4.69) is 10.2 Å². The highest BCUT2D eigenvalue weighted by Gasteiger charge is 1.63. The predicted molar refractivity (Wildman–Crippen MR) is 26.3 cm³/mol. The molecule has 0 unspecified atom stereocenters. The molecule has 0 heterocycles. The second kappa shape index (κ2) is 5.18. The van der Waals surface area contributed by atoms with Gasteiger partial charge in [-0.3, -0.25) is 0 Å². The Morgan fingerprint density at radius 1 is 1.00 bits per heavy atom. The normalized spacial score (nSPS) is 10.3. The lowest BCUT2D eigenvalue weighted by Crippen LogP contribution is -1.58. The molecule has 0 aromatic carbocycles. The van der Waals surface area contributed by atoms with Gasteiger partial charge in [0.15, 0.2) is 0 Å². The molecule has 0 aliphatic rings. The molecular weight excluding hydrogens is 123 g/mol. The maximum absolute atomic E-state index is 5.06. The second-order valence-corrected chi connectivity index (χ2v) is 1.000. The van der Waals surface area contributed by atoms with Gasteiger partial charge in [-0.05, 0) is 0 Å². The summed E-state index contributed by atoms with van der Waals surface area (Å²) in [5.41, 5.74) is 0. The Balaban J connectivity index is 2.73. The van der Waals surface area contributed by atoms with Crippen molar-refractivity contribution in [1.82, 2.24) is 0 Å². The van der Waals surface area contributed by atoms with E-state index in [1.165, 1.54) is 0 Å². The maximum Gasteiger partial charge on any atom is 0.134 e. The molecule has 0 spiro atoms. The summed E-state index contributed by atoms with van der Waals surface area (Å²) < 4.78 is 0. The fourth-order valence-corrected chi connectivity index (χ4v) is 0.227. The molecule has 0 aromatic heterocycles. The number of hydrogen-bond donors (Lipinski definition) is 0. The lowest BCUT2D eigenvalue weighted by molar-refractivity contribution is 1.05. The van der Waals surface area contributed by atoms with Crippen molar-refractivity contribution in [2.45, 2.75) is 0 Å². The largest absolute Gasteiger partial charge is 0.177 e. The molecule has 0 amide bonds. The Hall–Kier alpha value is 0.180. The highest BCUT2D eigenvalue weighted by Crippen LogP contribution is 1.80. The molecule has 0 N–H and O–H groups in total. The maximum atomic E-state index is 5.06. The van der Waals surface area contributed by atoms with Gasteiger partial charge in [-0.15, -0.1) is 0 Å². The summed E-state index contributed by atoms with van der Waals surface area (Å²) in [4.78, 5) is 0. The predicted octanol–water partition coefficient (Wildman–Crippen LogP) is 1.83. The zero-order chi connectivity index (χ0) is 4.83. The first-order valence-electron chi connectivity index (χ1n) is 1.37. The standard InChI is InChI=1S/C2H4Cl2N2/c3-1-5-6-2-4/h1-2H2/b6-5+. The third-order valence-corrected chi connectivity index (χ3v) is 0.421. The van der Waals surface area contributed by atoms with Gasteiger partial charge in [0.25, 0.3) is 0 Å². The smallest absolute Gasteiger partial charge is 0.134 e. The Kier molecular flexibility index (Phi) is 5.34. The highest BCUT2D eigenvalue weighted by molar-refractivity contribution is 6.18. The van der Waals surface area contributed by atoms with Crippen LogP contribution in [-0.2, 0) is 0 Å². The van der Waals surface area contributed by atoms with Gasteiger partial charge in [0.1, 0.15) is 12.0 Å². The summed E-state index contributed by atoms with van der Waals surface area (Å²) in [6.07, 6.45) is 0. The van der Waals surface area contributed by atoms with Crippen molar-refractivity contribution in [3.63, 3.8) is 0 Å². The average molecular weight is 127 g/mol. The number of rotatable bonds is 2. The Morgan fingerprint density at radius 2 is 1.33 bits per heavy atom. The van der Waals surface area contributed by atoms with Gasteiger partial charge in [0.05, 0.1) is 0 Å².